The number of pyridine rings is 1. The third-order valence-electron chi connectivity index (χ3n) is 6.18. The van der Waals surface area contributed by atoms with E-state index in [2.05, 4.69) is 39.4 Å². The molecule has 0 unspecified atom stereocenters. The van der Waals surface area contributed by atoms with Crippen LogP contribution in [0.5, 0.6) is 0 Å². The number of fused-ring (bicyclic) bond motifs is 1. The van der Waals surface area contributed by atoms with Crippen LogP contribution in [0, 0.1) is 6.92 Å². The number of nitrogens with one attached hydrogen (secondary N) is 1. The van der Waals surface area contributed by atoms with Gasteiger partial charge in [0.25, 0.3) is 0 Å². The van der Waals surface area contributed by atoms with Gasteiger partial charge < -0.3 is 9.72 Å². The molecule has 5 nitrogen and oxygen atoms in total. The summed E-state index contributed by atoms with van der Waals surface area (Å²) in [5.74, 6) is 0.624. The molecule has 142 valence electrons. The van der Waals surface area contributed by atoms with E-state index in [9.17, 15) is 0 Å². The van der Waals surface area contributed by atoms with Gasteiger partial charge in [-0.15, -0.1) is 11.3 Å². The van der Waals surface area contributed by atoms with Gasteiger partial charge in [-0.1, -0.05) is 0 Å². The standard InChI is InChI=1S/C21H26N4OS/c1-14-24-20(13-27-14)19-12-23-21-18(19)10-16(11-22-21)15-2-4-17(5-3-15)25-6-8-26-9-7-25/h10-13,15,17H,2-9H2,1H3,(H,22,23)/t15-,17-. The quantitative estimate of drug-likeness (QED) is 0.731. The number of nitrogens with zero attached hydrogens (tertiary/aromatic N) is 3. The van der Waals surface area contributed by atoms with E-state index in [1.807, 2.05) is 6.20 Å². The Morgan fingerprint density at radius 3 is 2.74 bits per heavy atom. The van der Waals surface area contributed by atoms with Crippen LogP contribution in [0.1, 0.15) is 42.2 Å². The molecule has 3 aromatic rings. The fourth-order valence-corrected chi connectivity index (χ4v) is 5.27. The lowest BCUT2D eigenvalue weighted by molar-refractivity contribution is 0.00729. The van der Waals surface area contributed by atoms with Crippen molar-refractivity contribution in [3.05, 3.63) is 34.4 Å². The second kappa shape index (κ2) is 7.34. The fourth-order valence-electron chi connectivity index (χ4n) is 4.66. The Hall–Kier alpha value is -1.76. The third kappa shape index (κ3) is 3.42. The molecule has 27 heavy (non-hydrogen) atoms. The molecule has 0 radical (unpaired) electrons. The highest BCUT2D eigenvalue weighted by Gasteiger charge is 2.28. The van der Waals surface area contributed by atoms with Crippen molar-refractivity contribution in [2.24, 2.45) is 0 Å². The minimum Gasteiger partial charge on any atom is -0.379 e. The van der Waals surface area contributed by atoms with Crippen LogP contribution < -0.4 is 0 Å². The number of hydrogen-bond donors (Lipinski definition) is 1. The van der Waals surface area contributed by atoms with Gasteiger partial charge in [0.2, 0.25) is 0 Å². The Balaban J connectivity index is 1.35. The summed E-state index contributed by atoms with van der Waals surface area (Å²) in [6.07, 6.45) is 9.21. The molecule has 2 aliphatic rings. The van der Waals surface area contributed by atoms with Crippen LogP contribution in [0.2, 0.25) is 0 Å². The van der Waals surface area contributed by atoms with Gasteiger partial charge in [0.15, 0.2) is 0 Å². The lowest BCUT2D eigenvalue weighted by Gasteiger charge is -2.38. The molecule has 1 N–H and O–H groups in total. The van der Waals surface area contributed by atoms with Crippen LogP contribution >= 0.6 is 11.3 Å². The number of thiazole rings is 1. The highest BCUT2D eigenvalue weighted by atomic mass is 32.1. The summed E-state index contributed by atoms with van der Waals surface area (Å²) >= 11 is 1.70. The van der Waals surface area contributed by atoms with Gasteiger partial charge in [-0.2, -0.15) is 0 Å². The molecule has 1 aliphatic heterocycles. The summed E-state index contributed by atoms with van der Waals surface area (Å²) in [7, 11) is 0. The van der Waals surface area contributed by atoms with Crippen LogP contribution in [-0.4, -0.2) is 52.2 Å². The molecular formula is C21H26N4OS. The molecule has 6 heteroatoms. The summed E-state index contributed by atoms with van der Waals surface area (Å²) in [5.41, 5.74) is 4.57. The highest BCUT2D eigenvalue weighted by Crippen LogP contribution is 2.37. The molecule has 0 aromatic carbocycles. The molecule has 0 amide bonds. The molecular weight excluding hydrogens is 356 g/mol. The third-order valence-corrected chi connectivity index (χ3v) is 6.95. The zero-order valence-corrected chi connectivity index (χ0v) is 16.6. The number of aromatic nitrogens is 3. The van der Waals surface area contributed by atoms with Gasteiger partial charge in [0.1, 0.15) is 5.65 Å². The van der Waals surface area contributed by atoms with Crippen molar-refractivity contribution in [2.75, 3.05) is 26.3 Å². The van der Waals surface area contributed by atoms with Gasteiger partial charge >= 0.3 is 0 Å². The number of aryl methyl sites for hydroxylation is 1. The highest BCUT2D eigenvalue weighted by molar-refractivity contribution is 7.09. The van der Waals surface area contributed by atoms with E-state index in [1.54, 1.807) is 11.3 Å². The topological polar surface area (TPSA) is 54.0 Å². The normalized spacial score (nSPS) is 24.5. The van der Waals surface area contributed by atoms with Gasteiger partial charge in [0.05, 0.1) is 23.9 Å². The number of ether oxygens (including phenoxy) is 1. The molecule has 1 saturated heterocycles. The number of morpholine rings is 1. The first kappa shape index (κ1) is 17.3. The van der Waals surface area contributed by atoms with E-state index in [1.165, 1.54) is 42.2 Å². The number of H-pyrrole nitrogens is 1. The average Bonchev–Trinajstić information content (AvgIpc) is 3.34. The Morgan fingerprint density at radius 2 is 2.00 bits per heavy atom. The lowest BCUT2D eigenvalue weighted by atomic mass is 9.81. The number of rotatable bonds is 3. The molecule has 2 fully saturated rings. The van der Waals surface area contributed by atoms with Crippen LogP contribution in [-0.2, 0) is 4.74 Å². The van der Waals surface area contributed by atoms with Crippen molar-refractivity contribution in [3.8, 4) is 11.3 Å². The average molecular weight is 383 g/mol. The van der Waals surface area contributed by atoms with Crippen molar-refractivity contribution >= 4 is 22.4 Å². The minimum atomic E-state index is 0.624. The van der Waals surface area contributed by atoms with E-state index in [0.717, 1.165) is 48.7 Å². The summed E-state index contributed by atoms with van der Waals surface area (Å²) in [4.78, 5) is 15.3. The Labute approximate surface area is 163 Å². The second-order valence-corrected chi connectivity index (χ2v) is 8.83. The Kier molecular flexibility index (Phi) is 4.71. The number of hydrogen-bond acceptors (Lipinski definition) is 5. The van der Waals surface area contributed by atoms with Crippen molar-refractivity contribution in [1.82, 2.24) is 19.9 Å². The van der Waals surface area contributed by atoms with Crippen LogP contribution in [0.3, 0.4) is 0 Å². The first-order chi connectivity index (χ1) is 13.3. The molecule has 1 saturated carbocycles. The smallest absolute Gasteiger partial charge is 0.137 e. The van der Waals surface area contributed by atoms with E-state index in [-0.39, 0.29) is 0 Å². The van der Waals surface area contributed by atoms with Crippen LogP contribution in [0.15, 0.2) is 23.8 Å². The molecule has 5 rings (SSSR count). The minimum absolute atomic E-state index is 0.624. The summed E-state index contributed by atoms with van der Waals surface area (Å²) in [6.45, 7) is 6.05. The largest absolute Gasteiger partial charge is 0.379 e. The maximum absolute atomic E-state index is 5.51. The molecule has 0 spiro atoms. The summed E-state index contributed by atoms with van der Waals surface area (Å²) in [5, 5.41) is 4.44. The fraction of sp³-hybridized carbons (Fsp3) is 0.524. The second-order valence-electron chi connectivity index (χ2n) is 7.77. The molecule has 4 heterocycles. The molecule has 1 aliphatic carbocycles. The first-order valence-corrected chi connectivity index (χ1v) is 10.9. The van der Waals surface area contributed by atoms with Gasteiger partial charge in [-0.05, 0) is 50.2 Å². The van der Waals surface area contributed by atoms with E-state index < -0.39 is 0 Å². The van der Waals surface area contributed by atoms with Crippen molar-refractivity contribution in [1.29, 1.82) is 0 Å². The molecule has 0 bridgehead atoms. The van der Waals surface area contributed by atoms with Gasteiger partial charge in [-0.25, -0.2) is 9.97 Å². The maximum Gasteiger partial charge on any atom is 0.137 e. The number of aromatic amines is 1. The maximum atomic E-state index is 5.51. The van der Waals surface area contributed by atoms with Gasteiger partial charge in [0, 0.05) is 47.9 Å². The Morgan fingerprint density at radius 1 is 1.19 bits per heavy atom. The van der Waals surface area contributed by atoms with Crippen LogP contribution in [0.4, 0.5) is 0 Å². The molecule has 3 aromatic heterocycles. The Bertz CT molecular complexity index is 919. The van der Waals surface area contributed by atoms with E-state index in [0.29, 0.717) is 5.92 Å². The molecule has 0 atom stereocenters. The monoisotopic (exact) mass is 382 g/mol. The first-order valence-electron chi connectivity index (χ1n) is 9.99. The van der Waals surface area contributed by atoms with Gasteiger partial charge in [-0.3, -0.25) is 4.90 Å². The predicted octanol–water partition coefficient (Wildman–Crippen LogP) is 4.35. The van der Waals surface area contributed by atoms with Crippen molar-refractivity contribution < 1.29 is 4.74 Å². The summed E-state index contributed by atoms with van der Waals surface area (Å²) in [6, 6.07) is 3.09. The summed E-state index contributed by atoms with van der Waals surface area (Å²) < 4.78 is 5.51. The van der Waals surface area contributed by atoms with Crippen molar-refractivity contribution in [2.45, 2.75) is 44.6 Å². The van der Waals surface area contributed by atoms with Crippen LogP contribution in [0.25, 0.3) is 22.3 Å². The van der Waals surface area contributed by atoms with E-state index in [4.69, 9.17) is 9.72 Å². The zero-order chi connectivity index (χ0) is 18.2. The van der Waals surface area contributed by atoms with E-state index >= 15 is 0 Å². The predicted molar refractivity (Wildman–Crippen MR) is 109 cm³/mol. The van der Waals surface area contributed by atoms with Crippen molar-refractivity contribution in [3.63, 3.8) is 0 Å². The zero-order valence-electron chi connectivity index (χ0n) is 15.8. The SMILES string of the molecule is Cc1nc(-c2c[nH]c3ncc([C@H]4CC[C@H](N5CCOCC5)CC4)cc23)cs1. The lowest BCUT2D eigenvalue weighted by Crippen LogP contribution is -2.44.